The molecule has 5 nitrogen and oxygen atoms in total. The highest BCUT2D eigenvalue weighted by Gasteiger charge is 2.43. The fraction of sp³-hybridized carbons (Fsp3) is 0.250. The molecule has 1 aliphatic heterocycles. The molecule has 1 aliphatic rings. The van der Waals surface area contributed by atoms with Crippen LogP contribution < -0.4 is 4.74 Å². The molecule has 0 bridgehead atoms. The van der Waals surface area contributed by atoms with Crippen LogP contribution in [-0.4, -0.2) is 33.2 Å². The minimum absolute atomic E-state index is 0.217. The van der Waals surface area contributed by atoms with Gasteiger partial charge >= 0.3 is 0 Å². The van der Waals surface area contributed by atoms with Crippen LogP contribution >= 0.6 is 0 Å². The van der Waals surface area contributed by atoms with Crippen LogP contribution in [0.15, 0.2) is 47.4 Å². The molecule has 2 aromatic carbocycles. The summed E-state index contributed by atoms with van der Waals surface area (Å²) in [5.41, 5.74) is 0.101. The number of ketones is 1. The third kappa shape index (κ3) is 3.47. The number of carbonyl (C=O) groups excluding carboxylic acids is 1. The van der Waals surface area contributed by atoms with Gasteiger partial charge < -0.3 is 9.47 Å². The van der Waals surface area contributed by atoms with Gasteiger partial charge in [0.2, 0.25) is 5.78 Å². The average Bonchev–Trinajstić information content (AvgIpc) is 2.84. The predicted molar refractivity (Wildman–Crippen MR) is 99.5 cm³/mol. The molecule has 0 spiro atoms. The summed E-state index contributed by atoms with van der Waals surface area (Å²) >= 11 is 0. The van der Waals surface area contributed by atoms with E-state index in [1.54, 1.807) is 45.2 Å². The van der Waals surface area contributed by atoms with Crippen LogP contribution in [-0.2, 0) is 19.4 Å². The summed E-state index contributed by atoms with van der Waals surface area (Å²) in [7, 11) is -2.15. The Hall–Kier alpha value is -2.67. The lowest BCUT2D eigenvalue weighted by atomic mass is 9.92. The summed E-state index contributed by atoms with van der Waals surface area (Å²) in [4.78, 5) is 12.5. The zero-order valence-electron chi connectivity index (χ0n) is 15.4. The second kappa shape index (κ2) is 6.49. The molecule has 7 heteroatoms. The average molecular weight is 390 g/mol. The second-order valence-corrected chi connectivity index (χ2v) is 8.78. The Morgan fingerprint density at radius 3 is 2.15 bits per heavy atom. The van der Waals surface area contributed by atoms with Crippen molar-refractivity contribution >= 4 is 27.0 Å². The molecular weight excluding hydrogens is 371 g/mol. The molecule has 1 heterocycles. The fourth-order valence-electron chi connectivity index (χ4n) is 2.92. The highest BCUT2D eigenvalue weighted by atomic mass is 32.2. The molecule has 27 heavy (non-hydrogen) atoms. The molecular formula is C20H19FO5S. The number of hydrogen-bond acceptors (Lipinski definition) is 5. The number of benzene rings is 2. The number of Topliss-reactive ketones (excluding diaryl/α,β-unsaturated/α-hetero) is 1. The molecule has 0 amide bonds. The Morgan fingerprint density at radius 1 is 1.04 bits per heavy atom. The maximum absolute atomic E-state index is 14.4. The third-order valence-corrected chi connectivity index (χ3v) is 5.46. The largest absolute Gasteiger partial charge is 0.497 e. The van der Waals surface area contributed by atoms with Crippen molar-refractivity contribution in [2.75, 3.05) is 13.4 Å². The summed E-state index contributed by atoms with van der Waals surface area (Å²) in [5, 5.41) is 0. The fourth-order valence-corrected chi connectivity index (χ4v) is 3.65. The summed E-state index contributed by atoms with van der Waals surface area (Å²) in [6.45, 7) is 3.26. The lowest BCUT2D eigenvalue weighted by Crippen LogP contribution is -2.29. The summed E-state index contributed by atoms with van der Waals surface area (Å²) < 4.78 is 48.6. The highest BCUT2D eigenvalue weighted by Crippen LogP contribution is 2.42. The quantitative estimate of drug-likeness (QED) is 0.799. The van der Waals surface area contributed by atoms with Gasteiger partial charge in [0.1, 0.15) is 22.2 Å². The van der Waals surface area contributed by atoms with Gasteiger partial charge in [0, 0.05) is 11.8 Å². The first-order valence-electron chi connectivity index (χ1n) is 8.17. The molecule has 0 saturated carbocycles. The van der Waals surface area contributed by atoms with E-state index in [-0.39, 0.29) is 11.5 Å². The van der Waals surface area contributed by atoms with E-state index in [9.17, 15) is 17.6 Å². The van der Waals surface area contributed by atoms with Crippen molar-refractivity contribution in [3.63, 3.8) is 0 Å². The van der Waals surface area contributed by atoms with Crippen molar-refractivity contribution in [1.82, 2.24) is 0 Å². The third-order valence-electron chi connectivity index (χ3n) is 4.33. The van der Waals surface area contributed by atoms with E-state index in [1.165, 1.54) is 12.1 Å². The minimum atomic E-state index is -3.69. The van der Waals surface area contributed by atoms with Crippen LogP contribution in [0.4, 0.5) is 4.39 Å². The van der Waals surface area contributed by atoms with E-state index in [0.717, 1.165) is 12.3 Å². The molecule has 0 atom stereocenters. The maximum Gasteiger partial charge on any atom is 0.210 e. The Labute approximate surface area is 157 Å². The molecule has 3 rings (SSSR count). The van der Waals surface area contributed by atoms with Gasteiger partial charge in [0.25, 0.3) is 0 Å². The zero-order valence-corrected chi connectivity index (χ0v) is 16.2. The number of hydrogen-bond donors (Lipinski definition) is 0. The molecule has 0 radical (unpaired) electrons. The van der Waals surface area contributed by atoms with Gasteiger partial charge in [-0.3, -0.25) is 4.79 Å². The van der Waals surface area contributed by atoms with Gasteiger partial charge in [-0.15, -0.1) is 0 Å². The number of rotatable bonds is 4. The molecule has 0 unspecified atom stereocenters. The van der Waals surface area contributed by atoms with E-state index >= 15 is 0 Å². The first kappa shape index (κ1) is 19.1. The number of sulfone groups is 1. The van der Waals surface area contributed by atoms with Gasteiger partial charge in [-0.1, -0.05) is 12.1 Å². The molecule has 2 aromatic rings. The Bertz CT molecular complexity index is 1050. The number of carbonyl (C=O) groups is 1. The Morgan fingerprint density at radius 2 is 1.63 bits per heavy atom. The predicted octanol–water partition coefficient (Wildman–Crippen LogP) is 3.48. The van der Waals surface area contributed by atoms with Crippen molar-refractivity contribution in [2.45, 2.75) is 24.3 Å². The molecule has 0 fully saturated rings. The van der Waals surface area contributed by atoms with Crippen molar-refractivity contribution in [1.29, 1.82) is 0 Å². The van der Waals surface area contributed by atoms with E-state index in [4.69, 9.17) is 9.47 Å². The summed E-state index contributed by atoms with van der Waals surface area (Å²) in [6.07, 6.45) is 0.936. The van der Waals surface area contributed by atoms with Gasteiger partial charge in [-0.2, -0.15) is 0 Å². The Kier molecular flexibility index (Phi) is 4.59. The van der Waals surface area contributed by atoms with Gasteiger partial charge in [0.05, 0.1) is 12.7 Å². The number of ether oxygens (including phenoxy) is 2. The van der Waals surface area contributed by atoms with Crippen LogP contribution in [0.3, 0.4) is 0 Å². The number of halogens is 1. The molecule has 0 aliphatic carbocycles. The van der Waals surface area contributed by atoms with E-state index in [2.05, 4.69) is 0 Å². The van der Waals surface area contributed by atoms with E-state index in [1.807, 2.05) is 0 Å². The van der Waals surface area contributed by atoms with Gasteiger partial charge in [-0.05, 0) is 49.7 Å². The molecule has 0 N–H and O–H groups in total. The topological polar surface area (TPSA) is 69.7 Å². The smallest absolute Gasteiger partial charge is 0.210 e. The first-order valence-corrected chi connectivity index (χ1v) is 10.1. The van der Waals surface area contributed by atoms with Crippen LogP contribution in [0.1, 0.15) is 25.0 Å². The lowest BCUT2D eigenvalue weighted by Gasteiger charge is -2.18. The SMILES string of the molecule is COc1ccc(C2=C(c3ccc(S(C)(=O)=O)c(F)c3)OC(C)(C)C2=O)cc1. The molecule has 142 valence electrons. The minimum Gasteiger partial charge on any atom is -0.497 e. The monoisotopic (exact) mass is 390 g/mol. The maximum atomic E-state index is 14.4. The van der Waals surface area contributed by atoms with Gasteiger partial charge in [-0.25, -0.2) is 12.8 Å². The van der Waals surface area contributed by atoms with Crippen molar-refractivity contribution in [2.24, 2.45) is 0 Å². The summed E-state index contributed by atoms with van der Waals surface area (Å²) in [5.74, 6) is -0.281. The van der Waals surface area contributed by atoms with Crippen LogP contribution in [0, 0.1) is 5.82 Å². The second-order valence-electron chi connectivity index (χ2n) is 6.79. The van der Waals surface area contributed by atoms with Crippen LogP contribution in [0.5, 0.6) is 5.75 Å². The standard InChI is InChI=1S/C20H19FO5S/c1-20(2)19(22)17(12-5-8-14(25-3)9-6-12)18(26-20)13-7-10-16(15(21)11-13)27(4,23)24/h5-11H,1-4H3. The van der Waals surface area contributed by atoms with Gasteiger partial charge in [0.15, 0.2) is 15.4 Å². The van der Waals surface area contributed by atoms with E-state index in [0.29, 0.717) is 22.4 Å². The zero-order chi connectivity index (χ0) is 20.0. The normalized spacial score (nSPS) is 16.4. The van der Waals surface area contributed by atoms with Crippen LogP contribution in [0.25, 0.3) is 11.3 Å². The van der Waals surface area contributed by atoms with Crippen LogP contribution in [0.2, 0.25) is 0 Å². The molecule has 0 saturated heterocycles. The summed E-state index contributed by atoms with van der Waals surface area (Å²) in [6, 6.07) is 10.6. The van der Waals surface area contributed by atoms with Crippen molar-refractivity contribution in [3.05, 3.63) is 59.4 Å². The van der Waals surface area contributed by atoms with Crippen molar-refractivity contribution < 1.29 is 27.1 Å². The lowest BCUT2D eigenvalue weighted by molar-refractivity contribution is -0.125. The molecule has 0 aromatic heterocycles. The first-order chi connectivity index (χ1) is 12.5. The van der Waals surface area contributed by atoms with E-state index < -0.39 is 26.2 Å². The Balaban J connectivity index is 2.18. The van der Waals surface area contributed by atoms with Crippen molar-refractivity contribution in [3.8, 4) is 5.75 Å². The highest BCUT2D eigenvalue weighted by molar-refractivity contribution is 7.90. The number of methoxy groups -OCH3 is 1.